The van der Waals surface area contributed by atoms with Gasteiger partial charge in [0.15, 0.2) is 5.54 Å². The van der Waals surface area contributed by atoms with E-state index in [0.717, 1.165) is 47.7 Å². The summed E-state index contributed by atoms with van der Waals surface area (Å²) in [6.45, 7) is 0. The van der Waals surface area contributed by atoms with Crippen LogP contribution in [0.2, 0.25) is 0 Å². The second-order valence-electron chi connectivity index (χ2n) is 6.78. The molecule has 1 aromatic rings. The van der Waals surface area contributed by atoms with Crippen molar-refractivity contribution in [2.24, 2.45) is 5.41 Å². The van der Waals surface area contributed by atoms with Crippen molar-refractivity contribution in [2.45, 2.75) is 43.7 Å². The lowest BCUT2D eigenvalue weighted by Gasteiger charge is -2.48. The van der Waals surface area contributed by atoms with E-state index >= 15 is 0 Å². The minimum absolute atomic E-state index is 0.151. The molecule has 2 amide bonds. The highest BCUT2D eigenvalue weighted by Gasteiger charge is 2.62. The fourth-order valence-electron chi connectivity index (χ4n) is 4.70. The van der Waals surface area contributed by atoms with Gasteiger partial charge in [-0.05, 0) is 55.4 Å². The fourth-order valence-corrected chi connectivity index (χ4v) is 5.06. The first-order chi connectivity index (χ1) is 11.5. The molecule has 0 aromatic heterocycles. The van der Waals surface area contributed by atoms with Crippen LogP contribution in [0.25, 0.3) is 0 Å². The van der Waals surface area contributed by atoms with Gasteiger partial charge in [0.2, 0.25) is 6.41 Å². The van der Waals surface area contributed by atoms with E-state index < -0.39 is 5.54 Å². The third-order valence-electron chi connectivity index (χ3n) is 5.87. The van der Waals surface area contributed by atoms with E-state index in [4.69, 9.17) is 4.74 Å². The van der Waals surface area contributed by atoms with Gasteiger partial charge < -0.3 is 15.4 Å². The molecule has 2 aliphatic carbocycles. The van der Waals surface area contributed by atoms with Gasteiger partial charge in [-0.15, -0.1) is 0 Å². The predicted octanol–water partition coefficient (Wildman–Crippen LogP) is 2.27. The van der Waals surface area contributed by atoms with Crippen LogP contribution in [0.15, 0.2) is 22.7 Å². The summed E-state index contributed by atoms with van der Waals surface area (Å²) >= 11 is 3.50. The van der Waals surface area contributed by atoms with Crippen molar-refractivity contribution in [3.63, 3.8) is 0 Å². The Balaban J connectivity index is 2.15. The number of hydrogen-bond acceptors (Lipinski definition) is 3. The third-order valence-corrected chi connectivity index (χ3v) is 6.36. The van der Waals surface area contributed by atoms with Crippen molar-refractivity contribution in [2.75, 3.05) is 14.2 Å². The lowest BCUT2D eigenvalue weighted by molar-refractivity contribution is -0.139. The molecule has 2 N–H and O–H groups in total. The average molecular weight is 395 g/mol. The third kappa shape index (κ3) is 2.39. The highest BCUT2D eigenvalue weighted by molar-refractivity contribution is 9.10. The number of carbonyl (C=O) groups is 2. The Morgan fingerprint density at radius 3 is 2.67 bits per heavy atom. The van der Waals surface area contributed by atoms with Crippen LogP contribution in [-0.4, -0.2) is 32.6 Å². The maximum atomic E-state index is 13.0. The van der Waals surface area contributed by atoms with E-state index in [1.807, 2.05) is 12.1 Å². The molecular weight excluding hydrogens is 372 g/mol. The van der Waals surface area contributed by atoms with Crippen LogP contribution in [0, 0.1) is 5.41 Å². The van der Waals surface area contributed by atoms with Gasteiger partial charge >= 0.3 is 0 Å². The summed E-state index contributed by atoms with van der Waals surface area (Å²) in [6.07, 6.45) is 5.15. The first kappa shape index (κ1) is 17.4. The number of likely N-dealkylation sites (N-methyl/N-ethyl adjacent to an activating group) is 1. The van der Waals surface area contributed by atoms with Crippen molar-refractivity contribution in [3.05, 3.63) is 33.8 Å². The number of hydrogen-bond donors (Lipinski definition) is 2. The van der Waals surface area contributed by atoms with E-state index in [1.54, 1.807) is 14.2 Å². The molecule has 0 aliphatic heterocycles. The molecule has 0 radical (unpaired) electrons. The highest BCUT2D eigenvalue weighted by atomic mass is 79.9. The Morgan fingerprint density at radius 1 is 1.38 bits per heavy atom. The Kier molecular flexibility index (Phi) is 4.71. The zero-order chi connectivity index (χ0) is 17.4. The minimum atomic E-state index is -1.03. The van der Waals surface area contributed by atoms with Gasteiger partial charge in [-0.3, -0.25) is 9.59 Å². The largest absolute Gasteiger partial charge is 0.381 e. The number of ether oxygens (including phenoxy) is 1. The smallest absolute Gasteiger partial charge is 0.250 e. The Bertz CT molecular complexity index is 656. The summed E-state index contributed by atoms with van der Waals surface area (Å²) in [4.78, 5) is 24.5. The van der Waals surface area contributed by atoms with Crippen LogP contribution >= 0.6 is 15.9 Å². The van der Waals surface area contributed by atoms with Crippen LogP contribution in [0.3, 0.4) is 0 Å². The predicted molar refractivity (Wildman–Crippen MR) is 94.5 cm³/mol. The normalized spacial score (nSPS) is 31.5. The number of amides is 2. The van der Waals surface area contributed by atoms with E-state index in [0.29, 0.717) is 6.41 Å². The van der Waals surface area contributed by atoms with Crippen molar-refractivity contribution >= 4 is 28.2 Å². The summed E-state index contributed by atoms with van der Waals surface area (Å²) < 4.78 is 6.41. The number of nitrogens with one attached hydrogen (secondary N) is 2. The van der Waals surface area contributed by atoms with Gasteiger partial charge in [-0.1, -0.05) is 22.0 Å². The standard InChI is InChI=1S/C18H23BrN2O3/c1-20-16(23)18(21-11-22)15-9-13(19)4-3-12(15)10-17(18)7-5-14(24-2)6-8-17/h3-4,9,11,14H,5-8,10H2,1-2H3,(H,20,23)(H,21,22). The lowest BCUT2D eigenvalue weighted by Crippen LogP contribution is -2.62. The monoisotopic (exact) mass is 394 g/mol. The van der Waals surface area contributed by atoms with Crippen molar-refractivity contribution in [1.29, 1.82) is 0 Å². The quantitative estimate of drug-likeness (QED) is 0.769. The summed E-state index contributed by atoms with van der Waals surface area (Å²) in [5.74, 6) is -0.151. The van der Waals surface area contributed by atoms with Gasteiger partial charge in [0, 0.05) is 24.0 Å². The molecule has 1 saturated carbocycles. The molecule has 1 spiro atoms. The number of benzene rings is 1. The van der Waals surface area contributed by atoms with Crippen molar-refractivity contribution < 1.29 is 14.3 Å². The van der Waals surface area contributed by atoms with Crippen molar-refractivity contribution in [3.8, 4) is 0 Å². The highest BCUT2D eigenvalue weighted by Crippen LogP contribution is 2.58. The SMILES string of the molecule is CNC(=O)C1(NC=O)c2cc(Br)ccc2CC12CCC(OC)CC2. The van der Waals surface area contributed by atoms with Gasteiger partial charge in [0.1, 0.15) is 0 Å². The molecule has 1 unspecified atom stereocenters. The molecule has 1 aromatic carbocycles. The number of halogens is 1. The van der Waals surface area contributed by atoms with Gasteiger partial charge in [0.05, 0.1) is 6.10 Å². The second-order valence-corrected chi connectivity index (χ2v) is 7.70. The molecule has 3 rings (SSSR count). The number of carbonyl (C=O) groups excluding carboxylic acids is 2. The molecule has 0 bridgehead atoms. The molecule has 0 saturated heterocycles. The van der Waals surface area contributed by atoms with Crippen molar-refractivity contribution in [1.82, 2.24) is 10.6 Å². The average Bonchev–Trinajstić information content (AvgIpc) is 2.85. The molecule has 0 heterocycles. The number of fused-ring (bicyclic) bond motifs is 1. The number of rotatable bonds is 4. The van der Waals surface area contributed by atoms with Crippen LogP contribution < -0.4 is 10.6 Å². The first-order valence-electron chi connectivity index (χ1n) is 8.28. The molecular formula is C18H23BrN2O3. The topological polar surface area (TPSA) is 67.4 Å². The fraction of sp³-hybridized carbons (Fsp3) is 0.556. The Labute approximate surface area is 150 Å². The zero-order valence-electron chi connectivity index (χ0n) is 14.0. The zero-order valence-corrected chi connectivity index (χ0v) is 15.6. The molecule has 5 nitrogen and oxygen atoms in total. The molecule has 2 aliphatic rings. The summed E-state index contributed by atoms with van der Waals surface area (Å²) in [5.41, 5.74) is 0.694. The maximum absolute atomic E-state index is 13.0. The van der Waals surface area contributed by atoms with Crippen LogP contribution in [0.1, 0.15) is 36.8 Å². The van der Waals surface area contributed by atoms with Gasteiger partial charge in [-0.25, -0.2) is 0 Å². The van der Waals surface area contributed by atoms with Gasteiger partial charge in [0.25, 0.3) is 5.91 Å². The van der Waals surface area contributed by atoms with Crippen LogP contribution in [0.5, 0.6) is 0 Å². The molecule has 6 heteroatoms. The summed E-state index contributed by atoms with van der Waals surface area (Å²) in [7, 11) is 3.36. The minimum Gasteiger partial charge on any atom is -0.381 e. The second kappa shape index (κ2) is 6.48. The van der Waals surface area contributed by atoms with E-state index in [-0.39, 0.29) is 17.4 Å². The molecule has 1 atom stereocenters. The molecule has 130 valence electrons. The van der Waals surface area contributed by atoms with Crippen LogP contribution in [0.4, 0.5) is 0 Å². The van der Waals surface area contributed by atoms with E-state index in [9.17, 15) is 9.59 Å². The van der Waals surface area contributed by atoms with E-state index in [1.165, 1.54) is 0 Å². The summed E-state index contributed by atoms with van der Waals surface area (Å²) in [5, 5.41) is 5.71. The first-order valence-corrected chi connectivity index (χ1v) is 9.07. The molecule has 24 heavy (non-hydrogen) atoms. The summed E-state index contributed by atoms with van der Waals surface area (Å²) in [6, 6.07) is 6.02. The van der Waals surface area contributed by atoms with Crippen LogP contribution in [-0.2, 0) is 26.3 Å². The molecule has 1 fully saturated rings. The van der Waals surface area contributed by atoms with E-state index in [2.05, 4.69) is 32.6 Å². The lowest BCUT2D eigenvalue weighted by atomic mass is 9.61. The Morgan fingerprint density at radius 2 is 2.08 bits per heavy atom. The maximum Gasteiger partial charge on any atom is 0.250 e. The Hall–Kier alpha value is -1.40. The van der Waals surface area contributed by atoms with Gasteiger partial charge in [-0.2, -0.15) is 0 Å². The number of methoxy groups -OCH3 is 1.